The molecule has 0 saturated carbocycles. The van der Waals surface area contributed by atoms with Crippen LogP contribution in [-0.2, 0) is 29.1 Å². The molecular formula is C43H47ClF4N4O5. The van der Waals surface area contributed by atoms with Crippen LogP contribution in [0, 0.1) is 11.7 Å². The summed E-state index contributed by atoms with van der Waals surface area (Å²) in [5.74, 6) is -0.524. The summed E-state index contributed by atoms with van der Waals surface area (Å²) in [6, 6.07) is 24.7. The van der Waals surface area contributed by atoms with E-state index in [9.17, 15) is 27.2 Å². The summed E-state index contributed by atoms with van der Waals surface area (Å²) in [6.45, 7) is 6.24. The zero-order valence-electron chi connectivity index (χ0n) is 31.8. The molecule has 2 amide bonds. The van der Waals surface area contributed by atoms with Crippen molar-refractivity contribution in [3.05, 3.63) is 119 Å². The molecule has 0 radical (unpaired) electrons. The van der Waals surface area contributed by atoms with Gasteiger partial charge in [0.05, 0.1) is 6.61 Å². The molecule has 4 aromatic carbocycles. The van der Waals surface area contributed by atoms with Gasteiger partial charge in [0.25, 0.3) is 0 Å². The Kier molecular flexibility index (Phi) is 14.3. The second kappa shape index (κ2) is 19.5. The van der Waals surface area contributed by atoms with Crippen molar-refractivity contribution in [1.29, 1.82) is 0 Å². The average Bonchev–Trinajstić information content (AvgIpc) is 3.20. The van der Waals surface area contributed by atoms with Gasteiger partial charge in [0, 0.05) is 55.4 Å². The lowest BCUT2D eigenvalue weighted by Crippen LogP contribution is -2.58. The maximum atomic E-state index is 14.8. The number of ether oxygens (including phenoxy) is 3. The van der Waals surface area contributed by atoms with Crippen molar-refractivity contribution in [1.82, 2.24) is 20.0 Å². The minimum Gasteiger partial charge on any atom is -0.493 e. The van der Waals surface area contributed by atoms with Gasteiger partial charge in [0.2, 0.25) is 5.91 Å². The van der Waals surface area contributed by atoms with E-state index in [0.717, 1.165) is 11.1 Å². The second-order valence-corrected chi connectivity index (χ2v) is 14.6. The molecular weight excluding hydrogens is 764 g/mol. The van der Waals surface area contributed by atoms with Gasteiger partial charge in [-0.1, -0.05) is 72.3 Å². The van der Waals surface area contributed by atoms with Crippen LogP contribution >= 0.6 is 11.6 Å². The van der Waals surface area contributed by atoms with Crippen molar-refractivity contribution < 1.29 is 41.4 Å². The highest BCUT2D eigenvalue weighted by atomic mass is 35.5. The van der Waals surface area contributed by atoms with Crippen LogP contribution in [-0.4, -0.2) is 91.5 Å². The van der Waals surface area contributed by atoms with Gasteiger partial charge >= 0.3 is 12.5 Å². The number of alkyl halides is 3. The predicted molar refractivity (Wildman–Crippen MR) is 209 cm³/mol. The van der Waals surface area contributed by atoms with Gasteiger partial charge in [-0.2, -0.15) is 0 Å². The van der Waals surface area contributed by atoms with Crippen LogP contribution in [0.3, 0.4) is 0 Å². The third kappa shape index (κ3) is 11.6. The molecule has 2 fully saturated rings. The van der Waals surface area contributed by atoms with E-state index in [0.29, 0.717) is 106 Å². The first-order chi connectivity index (χ1) is 27.5. The number of rotatable bonds is 14. The number of piperazine rings is 1. The third-order valence-corrected chi connectivity index (χ3v) is 10.8. The van der Waals surface area contributed by atoms with E-state index in [1.807, 2.05) is 49.4 Å². The summed E-state index contributed by atoms with van der Waals surface area (Å²) in [5.41, 5.74) is 3.38. The first-order valence-corrected chi connectivity index (χ1v) is 19.6. The van der Waals surface area contributed by atoms with Gasteiger partial charge in [0.15, 0.2) is 0 Å². The Bertz CT molecular complexity index is 1950. The van der Waals surface area contributed by atoms with Crippen molar-refractivity contribution >= 4 is 23.6 Å². The molecule has 2 aliphatic rings. The topological polar surface area (TPSA) is 83.6 Å². The molecule has 0 aromatic heterocycles. The van der Waals surface area contributed by atoms with Crippen LogP contribution < -0.4 is 14.8 Å². The molecule has 6 rings (SSSR count). The Balaban J connectivity index is 1.10. The zero-order chi connectivity index (χ0) is 40.4. The first-order valence-electron chi connectivity index (χ1n) is 19.2. The summed E-state index contributed by atoms with van der Waals surface area (Å²) in [5, 5.41) is 3.38. The fraction of sp³-hybridized carbons (Fsp3) is 0.395. The molecule has 2 aliphatic heterocycles. The first kappa shape index (κ1) is 41.8. The highest BCUT2D eigenvalue weighted by Gasteiger charge is 2.37. The molecule has 14 heteroatoms. The van der Waals surface area contributed by atoms with E-state index >= 15 is 0 Å². The number of piperidine rings is 1. The molecule has 2 saturated heterocycles. The van der Waals surface area contributed by atoms with Gasteiger partial charge in [0.1, 0.15) is 30.0 Å². The average molecular weight is 811 g/mol. The van der Waals surface area contributed by atoms with Gasteiger partial charge < -0.3 is 29.3 Å². The van der Waals surface area contributed by atoms with Crippen LogP contribution in [0.1, 0.15) is 36.5 Å². The lowest BCUT2D eigenvalue weighted by Gasteiger charge is -2.40. The van der Waals surface area contributed by atoms with Crippen LogP contribution in [0.15, 0.2) is 91.0 Å². The molecule has 0 unspecified atom stereocenters. The minimum atomic E-state index is -4.83. The Hall–Kier alpha value is -4.85. The van der Waals surface area contributed by atoms with Crippen molar-refractivity contribution in [3.8, 4) is 22.6 Å². The summed E-state index contributed by atoms with van der Waals surface area (Å²) in [4.78, 5) is 33.5. The summed E-state index contributed by atoms with van der Waals surface area (Å²) in [6.07, 6.45) is -3.90. The molecule has 0 aliphatic carbocycles. The number of benzene rings is 4. The number of nitrogens with one attached hydrogen (secondary N) is 1. The van der Waals surface area contributed by atoms with Crippen molar-refractivity contribution in [2.75, 3.05) is 52.4 Å². The highest BCUT2D eigenvalue weighted by molar-refractivity contribution is 6.33. The zero-order valence-corrected chi connectivity index (χ0v) is 32.5. The van der Waals surface area contributed by atoms with Crippen LogP contribution in [0.5, 0.6) is 11.5 Å². The number of likely N-dealkylation sites (tertiary alicyclic amines) is 1. The smallest absolute Gasteiger partial charge is 0.493 e. The molecule has 1 N–H and O–H groups in total. The number of hydrogen-bond acceptors (Lipinski definition) is 7. The number of hydrogen-bond donors (Lipinski definition) is 1. The number of carbonyl (C=O) groups excluding carboxylic acids is 2. The molecule has 304 valence electrons. The molecule has 0 spiro atoms. The van der Waals surface area contributed by atoms with E-state index in [4.69, 9.17) is 21.1 Å². The Morgan fingerprint density at radius 2 is 1.58 bits per heavy atom. The normalized spacial score (nSPS) is 16.2. The van der Waals surface area contributed by atoms with E-state index < -0.39 is 18.5 Å². The van der Waals surface area contributed by atoms with Crippen molar-refractivity contribution in [2.24, 2.45) is 5.92 Å². The molecule has 1 atom stereocenters. The number of amides is 2. The molecule has 0 bridgehead atoms. The van der Waals surface area contributed by atoms with Crippen LogP contribution in [0.4, 0.5) is 22.4 Å². The van der Waals surface area contributed by atoms with E-state index in [1.165, 1.54) is 18.2 Å². The number of carbonyl (C=O) groups is 2. The van der Waals surface area contributed by atoms with Gasteiger partial charge in [-0.25, -0.2) is 9.18 Å². The number of halogens is 5. The standard InChI is InChI=1S/C43H47ClF4N4O5/c1-2-55-39-14-8-13-38(45)36(39)28-51-23-25-52(26-24-51)41(53)40(49-42(54)56-29-30-9-4-3-5-10-30)31-17-20-50(21-18-31)22-19-32-27-33(57-43(46,47)48)15-16-34(32)35-11-6-7-12-37(35)44/h3-16,27,31,40H,2,17-26,28-29H2,1H3,(H,49,54)/t40-/m1/s1. The van der Waals surface area contributed by atoms with Gasteiger partial charge in [-0.05, 0) is 92.2 Å². The Morgan fingerprint density at radius 3 is 2.28 bits per heavy atom. The fourth-order valence-corrected chi connectivity index (χ4v) is 7.75. The maximum absolute atomic E-state index is 14.8. The van der Waals surface area contributed by atoms with Crippen molar-refractivity contribution in [3.63, 3.8) is 0 Å². The number of nitrogens with zero attached hydrogens (tertiary/aromatic N) is 3. The Labute approximate surface area is 335 Å². The molecule has 2 heterocycles. The Morgan fingerprint density at radius 1 is 0.860 bits per heavy atom. The largest absolute Gasteiger partial charge is 0.573 e. The van der Waals surface area contributed by atoms with Gasteiger partial charge in [-0.15, -0.1) is 13.2 Å². The second-order valence-electron chi connectivity index (χ2n) is 14.2. The van der Waals surface area contributed by atoms with Crippen molar-refractivity contribution in [2.45, 2.75) is 51.7 Å². The summed E-state index contributed by atoms with van der Waals surface area (Å²) >= 11 is 6.49. The fourth-order valence-electron chi connectivity index (χ4n) is 7.51. The molecule has 9 nitrogen and oxygen atoms in total. The van der Waals surface area contributed by atoms with E-state index in [-0.39, 0.29) is 30.0 Å². The maximum Gasteiger partial charge on any atom is 0.573 e. The van der Waals surface area contributed by atoms with E-state index in [2.05, 4.69) is 19.9 Å². The number of alkyl carbamates (subject to hydrolysis) is 1. The van der Waals surface area contributed by atoms with Crippen LogP contribution in [0.2, 0.25) is 5.02 Å². The van der Waals surface area contributed by atoms with E-state index in [1.54, 1.807) is 35.2 Å². The third-order valence-electron chi connectivity index (χ3n) is 10.5. The summed E-state index contributed by atoms with van der Waals surface area (Å²) in [7, 11) is 0. The SMILES string of the molecule is CCOc1cccc(F)c1CN1CCN(C(=O)[C@H](NC(=O)OCc2ccccc2)C2CCN(CCc3cc(OC(F)(F)F)ccc3-c3ccccc3Cl)CC2)CC1. The van der Waals surface area contributed by atoms with Crippen LogP contribution in [0.25, 0.3) is 11.1 Å². The quantitative estimate of drug-likeness (QED) is 0.128. The molecule has 4 aromatic rings. The lowest BCUT2D eigenvalue weighted by molar-refractivity contribution is -0.274. The summed E-state index contributed by atoms with van der Waals surface area (Å²) < 4.78 is 69.6. The van der Waals surface area contributed by atoms with Gasteiger partial charge in [-0.3, -0.25) is 9.69 Å². The highest BCUT2D eigenvalue weighted by Crippen LogP contribution is 2.35. The minimum absolute atomic E-state index is 0.0515. The predicted octanol–water partition coefficient (Wildman–Crippen LogP) is 8.34. The monoisotopic (exact) mass is 810 g/mol. The lowest BCUT2D eigenvalue weighted by atomic mass is 9.88. The molecule has 57 heavy (non-hydrogen) atoms.